The fourth-order valence-electron chi connectivity index (χ4n) is 5.02. The third-order valence-electron chi connectivity index (χ3n) is 6.96. The van der Waals surface area contributed by atoms with Crippen molar-refractivity contribution in [3.63, 3.8) is 0 Å². The van der Waals surface area contributed by atoms with E-state index >= 15 is 0 Å². The van der Waals surface area contributed by atoms with Gasteiger partial charge in [-0.1, -0.05) is 24.3 Å². The molecule has 3 amide bonds. The van der Waals surface area contributed by atoms with Gasteiger partial charge in [0.1, 0.15) is 5.75 Å². The molecule has 2 fully saturated rings. The van der Waals surface area contributed by atoms with E-state index in [1.807, 2.05) is 12.2 Å². The van der Waals surface area contributed by atoms with E-state index < -0.39 is 16.8 Å². The van der Waals surface area contributed by atoms with Crippen LogP contribution in [0.15, 0.2) is 54.6 Å². The molecule has 1 aliphatic carbocycles. The van der Waals surface area contributed by atoms with Crippen LogP contribution in [0.4, 0.5) is 17.1 Å². The molecule has 36 heavy (non-hydrogen) atoms. The first kappa shape index (κ1) is 23.4. The van der Waals surface area contributed by atoms with Gasteiger partial charge in [0.05, 0.1) is 34.1 Å². The normalized spacial score (nSPS) is 23.2. The van der Waals surface area contributed by atoms with Gasteiger partial charge in [0.2, 0.25) is 17.7 Å². The number of benzene rings is 2. The Bertz CT molecular complexity index is 1310. The van der Waals surface area contributed by atoms with Gasteiger partial charge >= 0.3 is 5.97 Å². The second kappa shape index (κ2) is 9.03. The number of carbonyl (C=O) groups excluding carboxylic acids is 4. The van der Waals surface area contributed by atoms with Crippen molar-refractivity contribution in [3.8, 4) is 5.75 Å². The lowest BCUT2D eigenvalue weighted by atomic mass is 9.85. The number of fused-ring (bicyclic) bond motifs is 1. The minimum absolute atomic E-state index is 0.0248. The number of esters is 1. The number of nitrogens with zero attached hydrogens (tertiary/aromatic N) is 3. The van der Waals surface area contributed by atoms with Gasteiger partial charge in [0.25, 0.3) is 5.69 Å². The van der Waals surface area contributed by atoms with Gasteiger partial charge < -0.3 is 9.64 Å². The Labute approximate surface area is 206 Å². The number of hydrogen-bond donors (Lipinski definition) is 0. The van der Waals surface area contributed by atoms with Crippen LogP contribution in [-0.2, 0) is 19.2 Å². The molecule has 2 saturated heterocycles. The highest BCUT2D eigenvalue weighted by atomic mass is 16.6. The van der Waals surface area contributed by atoms with Crippen molar-refractivity contribution in [2.75, 3.05) is 16.3 Å². The number of imide groups is 1. The molecule has 0 unspecified atom stereocenters. The smallest absolute Gasteiger partial charge is 0.316 e. The SMILES string of the molecule is Cc1ccc(N2C[C@@H](C(=O)Oc3cccc(N4C(=O)[C@H]5CC=CC[C@H]5C4=O)c3)CC2=O)cc1[N+](=O)[O-]. The quantitative estimate of drug-likeness (QED) is 0.157. The molecule has 184 valence electrons. The number of rotatable bonds is 5. The maximum absolute atomic E-state index is 12.9. The van der Waals surface area contributed by atoms with Crippen LogP contribution in [0.25, 0.3) is 0 Å². The lowest BCUT2D eigenvalue weighted by molar-refractivity contribution is -0.385. The lowest BCUT2D eigenvalue weighted by Crippen LogP contribution is -2.31. The van der Waals surface area contributed by atoms with E-state index in [1.165, 1.54) is 17.0 Å². The number of nitro benzene ring substituents is 1. The molecule has 2 aliphatic heterocycles. The van der Waals surface area contributed by atoms with E-state index in [0.717, 1.165) is 4.90 Å². The summed E-state index contributed by atoms with van der Waals surface area (Å²) in [5.74, 6) is -2.86. The van der Waals surface area contributed by atoms with Gasteiger partial charge in [-0.15, -0.1) is 0 Å². The summed E-state index contributed by atoms with van der Waals surface area (Å²) in [6.07, 6.45) is 4.78. The lowest BCUT2D eigenvalue weighted by Gasteiger charge is -2.17. The first-order valence-corrected chi connectivity index (χ1v) is 11.6. The Morgan fingerprint density at radius 2 is 1.69 bits per heavy atom. The Kier molecular flexibility index (Phi) is 5.87. The molecule has 2 aromatic carbocycles. The molecule has 2 heterocycles. The Balaban J connectivity index is 1.29. The largest absolute Gasteiger partial charge is 0.426 e. The summed E-state index contributed by atoms with van der Waals surface area (Å²) in [7, 11) is 0. The molecule has 0 radical (unpaired) electrons. The second-order valence-electron chi connectivity index (χ2n) is 9.22. The fourth-order valence-corrected chi connectivity index (χ4v) is 5.02. The third kappa shape index (κ3) is 4.04. The summed E-state index contributed by atoms with van der Waals surface area (Å²) in [4.78, 5) is 64.4. The molecule has 2 aromatic rings. The predicted octanol–water partition coefficient (Wildman–Crippen LogP) is 3.32. The van der Waals surface area contributed by atoms with E-state index in [4.69, 9.17) is 4.74 Å². The summed E-state index contributed by atoms with van der Waals surface area (Å²) < 4.78 is 5.51. The minimum Gasteiger partial charge on any atom is -0.426 e. The highest BCUT2D eigenvalue weighted by Gasteiger charge is 2.48. The molecule has 0 bridgehead atoms. The van der Waals surface area contributed by atoms with Crippen molar-refractivity contribution in [3.05, 3.63) is 70.3 Å². The van der Waals surface area contributed by atoms with Crippen LogP contribution >= 0.6 is 0 Å². The average Bonchev–Trinajstić information content (AvgIpc) is 3.37. The van der Waals surface area contributed by atoms with Crippen molar-refractivity contribution >= 4 is 40.8 Å². The van der Waals surface area contributed by atoms with Crippen LogP contribution in [0.3, 0.4) is 0 Å². The third-order valence-corrected chi connectivity index (χ3v) is 6.96. The standard InChI is InChI=1S/C26H23N3O7/c1-15-9-10-17(13-22(15)29(34)35)27-14-16(11-23(27)30)26(33)36-19-6-4-5-18(12-19)28-24(31)20-7-2-3-8-21(20)25(28)32/h2-6,9-10,12-13,16,20-21H,7-8,11,14H2,1H3/t16-,20-,21+/m0/s1. The van der Waals surface area contributed by atoms with E-state index in [2.05, 4.69) is 0 Å². The number of ether oxygens (including phenoxy) is 1. The van der Waals surface area contributed by atoms with Crippen LogP contribution in [-0.4, -0.2) is 35.2 Å². The molecule has 0 N–H and O–H groups in total. The van der Waals surface area contributed by atoms with E-state index in [9.17, 15) is 29.3 Å². The van der Waals surface area contributed by atoms with E-state index in [1.54, 1.807) is 37.3 Å². The topological polar surface area (TPSA) is 127 Å². The number of nitro groups is 1. The zero-order chi connectivity index (χ0) is 25.6. The Hall–Kier alpha value is -4.34. The van der Waals surface area contributed by atoms with Crippen LogP contribution in [0.1, 0.15) is 24.8 Å². The van der Waals surface area contributed by atoms with Gasteiger partial charge in [-0.25, -0.2) is 4.90 Å². The zero-order valence-corrected chi connectivity index (χ0v) is 19.5. The number of allylic oxidation sites excluding steroid dienone is 2. The number of anilines is 2. The molecule has 0 spiro atoms. The van der Waals surface area contributed by atoms with E-state index in [0.29, 0.717) is 29.8 Å². The first-order valence-electron chi connectivity index (χ1n) is 11.6. The molecule has 0 saturated carbocycles. The maximum Gasteiger partial charge on any atom is 0.316 e. The fraction of sp³-hybridized carbons (Fsp3) is 0.308. The van der Waals surface area contributed by atoms with Crippen molar-refractivity contribution in [2.24, 2.45) is 17.8 Å². The van der Waals surface area contributed by atoms with Crippen LogP contribution < -0.4 is 14.5 Å². The molecule has 3 atom stereocenters. The molecule has 10 heteroatoms. The predicted molar refractivity (Wildman–Crippen MR) is 128 cm³/mol. The number of aryl methyl sites for hydroxylation is 1. The van der Waals surface area contributed by atoms with Crippen molar-refractivity contribution in [1.82, 2.24) is 0 Å². The first-order chi connectivity index (χ1) is 17.2. The summed E-state index contributed by atoms with van der Waals surface area (Å²) >= 11 is 0. The highest BCUT2D eigenvalue weighted by molar-refractivity contribution is 6.22. The van der Waals surface area contributed by atoms with Gasteiger partial charge in [0, 0.05) is 30.7 Å². The van der Waals surface area contributed by atoms with Gasteiger partial charge in [-0.05, 0) is 38.0 Å². The van der Waals surface area contributed by atoms with Gasteiger partial charge in [-0.3, -0.25) is 29.3 Å². The van der Waals surface area contributed by atoms with Gasteiger partial charge in [0.15, 0.2) is 0 Å². The minimum atomic E-state index is -0.773. The summed E-state index contributed by atoms with van der Waals surface area (Å²) in [6, 6.07) is 10.7. The van der Waals surface area contributed by atoms with Crippen LogP contribution in [0.2, 0.25) is 0 Å². The summed E-state index contributed by atoms with van der Waals surface area (Å²) in [5.41, 5.74) is 1.04. The average molecular weight is 489 g/mol. The number of carbonyl (C=O) groups is 4. The molecule has 0 aromatic heterocycles. The summed E-state index contributed by atoms with van der Waals surface area (Å²) in [5, 5.41) is 11.3. The molecular weight excluding hydrogens is 466 g/mol. The second-order valence-corrected chi connectivity index (χ2v) is 9.22. The monoisotopic (exact) mass is 489 g/mol. The molecule has 5 rings (SSSR count). The van der Waals surface area contributed by atoms with Crippen molar-refractivity contribution < 1.29 is 28.8 Å². The van der Waals surface area contributed by atoms with Crippen LogP contribution in [0.5, 0.6) is 5.75 Å². The molecular formula is C26H23N3O7. The number of hydrogen-bond acceptors (Lipinski definition) is 7. The van der Waals surface area contributed by atoms with Crippen molar-refractivity contribution in [1.29, 1.82) is 0 Å². The zero-order valence-electron chi connectivity index (χ0n) is 19.5. The highest BCUT2D eigenvalue weighted by Crippen LogP contribution is 2.38. The Morgan fingerprint density at radius 3 is 2.36 bits per heavy atom. The molecule has 3 aliphatic rings. The molecule has 10 nitrogen and oxygen atoms in total. The number of amides is 3. The van der Waals surface area contributed by atoms with Crippen LogP contribution in [0, 0.1) is 34.8 Å². The maximum atomic E-state index is 12.9. The van der Waals surface area contributed by atoms with E-state index in [-0.39, 0.29) is 54.0 Å². The van der Waals surface area contributed by atoms with Gasteiger partial charge in [-0.2, -0.15) is 0 Å². The Morgan fingerprint density at radius 1 is 1.00 bits per heavy atom. The van der Waals surface area contributed by atoms with Crippen molar-refractivity contribution in [2.45, 2.75) is 26.2 Å². The summed E-state index contributed by atoms with van der Waals surface area (Å²) in [6.45, 7) is 1.63.